The molecule has 0 aliphatic heterocycles. The van der Waals surface area contributed by atoms with E-state index in [0.29, 0.717) is 0 Å². The van der Waals surface area contributed by atoms with Crippen LogP contribution in [0, 0.1) is 6.92 Å². The van der Waals surface area contributed by atoms with Crippen LogP contribution >= 0.6 is 27.3 Å². The summed E-state index contributed by atoms with van der Waals surface area (Å²) in [4.78, 5) is 18.0. The summed E-state index contributed by atoms with van der Waals surface area (Å²) < 4.78 is 1.05. The Morgan fingerprint density at radius 3 is 3.11 bits per heavy atom. The predicted octanol–water partition coefficient (Wildman–Crippen LogP) is 4.52. The zero-order valence-corrected chi connectivity index (χ0v) is 13.1. The van der Waals surface area contributed by atoms with E-state index in [1.54, 1.807) is 6.20 Å². The van der Waals surface area contributed by atoms with Gasteiger partial charge in [-0.1, -0.05) is 6.07 Å². The van der Waals surface area contributed by atoms with Gasteiger partial charge in [-0.25, -0.2) is 0 Å². The standard InChI is InChI=1S/C15H14BrNOS/c1-9-8-12(19-15(9)16)14(18)11-6-2-4-10-5-3-7-17-13(10)11/h3,5,7-8,11H,2,4,6H2,1H3. The normalized spacial score (nSPS) is 18.1. The van der Waals surface area contributed by atoms with E-state index in [9.17, 15) is 4.79 Å². The monoisotopic (exact) mass is 335 g/mol. The molecule has 2 nitrogen and oxygen atoms in total. The van der Waals surface area contributed by atoms with Crippen molar-refractivity contribution in [2.45, 2.75) is 32.1 Å². The first-order chi connectivity index (χ1) is 9.16. The molecular formula is C15H14BrNOS. The van der Waals surface area contributed by atoms with Crippen molar-refractivity contribution in [2.75, 3.05) is 0 Å². The van der Waals surface area contributed by atoms with Gasteiger partial charge in [0.1, 0.15) is 0 Å². The number of carbonyl (C=O) groups is 1. The van der Waals surface area contributed by atoms with Gasteiger partial charge in [-0.05, 0) is 65.4 Å². The second-order valence-electron chi connectivity index (χ2n) is 4.92. The summed E-state index contributed by atoms with van der Waals surface area (Å²) in [5.41, 5.74) is 3.35. The van der Waals surface area contributed by atoms with Crippen LogP contribution in [0.1, 0.15) is 45.3 Å². The van der Waals surface area contributed by atoms with Crippen LogP contribution in [0.2, 0.25) is 0 Å². The molecule has 0 radical (unpaired) electrons. The number of ketones is 1. The molecule has 0 bridgehead atoms. The minimum Gasteiger partial charge on any atom is -0.293 e. The van der Waals surface area contributed by atoms with Crippen LogP contribution in [0.4, 0.5) is 0 Å². The Labute approximate surface area is 125 Å². The lowest BCUT2D eigenvalue weighted by atomic mass is 9.83. The van der Waals surface area contributed by atoms with Crippen molar-refractivity contribution in [1.29, 1.82) is 0 Å². The topological polar surface area (TPSA) is 30.0 Å². The van der Waals surface area contributed by atoms with Gasteiger partial charge in [0, 0.05) is 6.20 Å². The van der Waals surface area contributed by atoms with Crippen molar-refractivity contribution in [3.63, 3.8) is 0 Å². The first kappa shape index (κ1) is 13.0. The molecule has 2 heterocycles. The van der Waals surface area contributed by atoms with E-state index in [2.05, 4.69) is 27.0 Å². The number of hydrogen-bond donors (Lipinski definition) is 0. The third kappa shape index (κ3) is 2.39. The fourth-order valence-corrected chi connectivity index (χ4v) is 4.15. The van der Waals surface area contributed by atoms with Crippen LogP contribution in [0.25, 0.3) is 0 Å². The summed E-state index contributed by atoms with van der Waals surface area (Å²) in [7, 11) is 0. The molecule has 0 amide bonds. The zero-order valence-electron chi connectivity index (χ0n) is 10.6. The maximum atomic E-state index is 12.7. The van der Waals surface area contributed by atoms with E-state index in [1.165, 1.54) is 16.9 Å². The number of halogens is 1. The molecule has 0 fully saturated rings. The van der Waals surface area contributed by atoms with Gasteiger partial charge in [0.25, 0.3) is 0 Å². The Hall–Kier alpha value is -1.00. The second kappa shape index (κ2) is 5.17. The molecular weight excluding hydrogens is 322 g/mol. The molecule has 4 heteroatoms. The van der Waals surface area contributed by atoms with Gasteiger partial charge in [-0.3, -0.25) is 9.78 Å². The number of pyridine rings is 1. The Kier molecular flexibility index (Phi) is 3.54. The molecule has 0 saturated carbocycles. The Balaban J connectivity index is 1.97. The highest BCUT2D eigenvalue weighted by atomic mass is 79.9. The molecule has 19 heavy (non-hydrogen) atoms. The summed E-state index contributed by atoms with van der Waals surface area (Å²) >= 11 is 5.02. The summed E-state index contributed by atoms with van der Waals surface area (Å²) in [5.74, 6) is 0.161. The van der Waals surface area contributed by atoms with Crippen molar-refractivity contribution in [2.24, 2.45) is 0 Å². The van der Waals surface area contributed by atoms with Crippen LogP contribution in [-0.4, -0.2) is 10.8 Å². The second-order valence-corrected chi connectivity index (χ2v) is 7.29. The van der Waals surface area contributed by atoms with Gasteiger partial charge in [0.15, 0.2) is 5.78 Å². The zero-order chi connectivity index (χ0) is 13.4. The molecule has 0 saturated heterocycles. The highest BCUT2D eigenvalue weighted by Crippen LogP contribution is 2.36. The number of rotatable bonds is 2. The van der Waals surface area contributed by atoms with Crippen molar-refractivity contribution >= 4 is 33.0 Å². The molecule has 98 valence electrons. The van der Waals surface area contributed by atoms with Crippen molar-refractivity contribution < 1.29 is 4.79 Å². The van der Waals surface area contributed by atoms with Crippen LogP contribution in [0.3, 0.4) is 0 Å². The van der Waals surface area contributed by atoms with E-state index in [0.717, 1.165) is 39.2 Å². The van der Waals surface area contributed by atoms with E-state index in [4.69, 9.17) is 0 Å². The molecule has 3 rings (SSSR count). The SMILES string of the molecule is Cc1cc(C(=O)C2CCCc3cccnc32)sc1Br. The number of hydrogen-bond acceptors (Lipinski definition) is 3. The van der Waals surface area contributed by atoms with Crippen LogP contribution < -0.4 is 0 Å². The van der Waals surface area contributed by atoms with Gasteiger partial charge < -0.3 is 0 Å². The summed E-state index contributed by atoms with van der Waals surface area (Å²) in [6.07, 6.45) is 4.82. The lowest BCUT2D eigenvalue weighted by molar-refractivity contribution is 0.0953. The third-order valence-electron chi connectivity index (χ3n) is 3.61. The van der Waals surface area contributed by atoms with E-state index < -0.39 is 0 Å². The van der Waals surface area contributed by atoms with E-state index in [-0.39, 0.29) is 11.7 Å². The van der Waals surface area contributed by atoms with Crippen LogP contribution in [0.15, 0.2) is 28.2 Å². The first-order valence-electron chi connectivity index (χ1n) is 6.41. The summed E-state index contributed by atoms with van der Waals surface area (Å²) in [5, 5.41) is 0. The van der Waals surface area contributed by atoms with Crippen molar-refractivity contribution in [3.05, 3.63) is 49.9 Å². The largest absolute Gasteiger partial charge is 0.293 e. The Morgan fingerprint density at radius 2 is 2.37 bits per heavy atom. The number of nitrogens with zero attached hydrogens (tertiary/aromatic N) is 1. The average molecular weight is 336 g/mol. The minimum absolute atomic E-state index is 0.0603. The Morgan fingerprint density at radius 1 is 1.53 bits per heavy atom. The average Bonchev–Trinajstić information content (AvgIpc) is 2.77. The number of Topliss-reactive ketones (excluding diaryl/α,β-unsaturated/α-hetero) is 1. The highest BCUT2D eigenvalue weighted by Gasteiger charge is 2.29. The molecule has 2 aromatic heterocycles. The fourth-order valence-electron chi connectivity index (χ4n) is 2.62. The first-order valence-corrected chi connectivity index (χ1v) is 8.01. The van der Waals surface area contributed by atoms with Crippen molar-refractivity contribution in [3.8, 4) is 0 Å². The number of thiophene rings is 1. The molecule has 1 aliphatic carbocycles. The van der Waals surface area contributed by atoms with E-state index in [1.807, 2.05) is 19.1 Å². The number of aryl methyl sites for hydroxylation is 2. The lowest BCUT2D eigenvalue weighted by Gasteiger charge is -2.22. The Bertz CT molecular complexity index is 615. The molecule has 1 unspecified atom stereocenters. The van der Waals surface area contributed by atoms with Crippen LogP contribution in [0.5, 0.6) is 0 Å². The van der Waals surface area contributed by atoms with Crippen LogP contribution in [-0.2, 0) is 6.42 Å². The summed E-state index contributed by atoms with van der Waals surface area (Å²) in [6, 6.07) is 6.03. The minimum atomic E-state index is -0.0603. The fraction of sp³-hybridized carbons (Fsp3) is 0.333. The number of aromatic nitrogens is 1. The molecule has 0 spiro atoms. The lowest BCUT2D eigenvalue weighted by Crippen LogP contribution is -2.19. The van der Waals surface area contributed by atoms with Gasteiger partial charge in [-0.15, -0.1) is 11.3 Å². The van der Waals surface area contributed by atoms with Gasteiger partial charge in [0.2, 0.25) is 0 Å². The quantitative estimate of drug-likeness (QED) is 0.755. The maximum absolute atomic E-state index is 12.7. The molecule has 0 N–H and O–H groups in total. The molecule has 1 atom stereocenters. The molecule has 2 aromatic rings. The molecule has 0 aromatic carbocycles. The highest BCUT2D eigenvalue weighted by molar-refractivity contribution is 9.11. The van der Waals surface area contributed by atoms with E-state index >= 15 is 0 Å². The third-order valence-corrected chi connectivity index (χ3v) is 5.76. The molecule has 1 aliphatic rings. The van der Waals surface area contributed by atoms with Gasteiger partial charge in [0.05, 0.1) is 20.3 Å². The smallest absolute Gasteiger partial charge is 0.181 e. The number of carbonyl (C=O) groups excluding carboxylic acids is 1. The summed E-state index contributed by atoms with van der Waals surface area (Å²) in [6.45, 7) is 2.02. The van der Waals surface area contributed by atoms with Crippen molar-refractivity contribution in [1.82, 2.24) is 4.98 Å². The predicted molar refractivity (Wildman–Crippen MR) is 81.0 cm³/mol. The maximum Gasteiger partial charge on any atom is 0.181 e. The van der Waals surface area contributed by atoms with Gasteiger partial charge in [-0.2, -0.15) is 0 Å². The number of fused-ring (bicyclic) bond motifs is 1. The van der Waals surface area contributed by atoms with Gasteiger partial charge >= 0.3 is 0 Å².